The van der Waals surface area contributed by atoms with Crippen molar-refractivity contribution in [2.75, 3.05) is 0 Å². The van der Waals surface area contributed by atoms with Crippen molar-refractivity contribution in [3.05, 3.63) is 66.7 Å². The van der Waals surface area contributed by atoms with Gasteiger partial charge in [0, 0.05) is 0 Å². The van der Waals surface area contributed by atoms with Crippen LogP contribution in [-0.4, -0.2) is 28.5 Å². The van der Waals surface area contributed by atoms with Crippen molar-refractivity contribution >= 4 is 23.4 Å². The molecule has 0 spiro atoms. The molecule has 2 N–H and O–H groups in total. The van der Waals surface area contributed by atoms with E-state index in [4.69, 9.17) is 4.65 Å². The maximum atomic E-state index is 10.8. The number of hydrogen-bond donors (Lipinski definition) is 2. The molecule has 3 aromatic rings. The maximum Gasteiger partial charge on any atom is 0.492 e. The molecule has 0 atom stereocenters. The minimum Gasteiger partial charge on any atom is -0.423 e. The van der Waals surface area contributed by atoms with Crippen LogP contribution in [0.25, 0.3) is 21.9 Å². The lowest BCUT2D eigenvalue weighted by Crippen LogP contribution is -2.53. The molecule has 0 unspecified atom stereocenters. The van der Waals surface area contributed by atoms with Gasteiger partial charge >= 0.3 is 7.12 Å². The second-order valence-electron chi connectivity index (χ2n) is 7.65. The predicted molar refractivity (Wildman–Crippen MR) is 108 cm³/mol. The summed E-state index contributed by atoms with van der Waals surface area (Å²) in [6, 6.07) is 22.0. The number of aliphatic hydroxyl groups is 1. The quantitative estimate of drug-likeness (QED) is 0.691. The Bertz CT molecular complexity index is 907. The maximum absolute atomic E-state index is 10.8. The van der Waals surface area contributed by atoms with Gasteiger partial charge in [-0.1, -0.05) is 66.7 Å². The van der Waals surface area contributed by atoms with Crippen LogP contribution in [0.4, 0.5) is 0 Å². The van der Waals surface area contributed by atoms with Gasteiger partial charge in [-0.25, -0.2) is 0 Å². The van der Waals surface area contributed by atoms with Crippen LogP contribution in [-0.2, 0) is 4.65 Å². The molecule has 3 aromatic carbocycles. The second kappa shape index (κ2) is 6.88. The molecule has 0 saturated carbocycles. The first-order chi connectivity index (χ1) is 12.2. The number of rotatable bonds is 5. The third kappa shape index (κ3) is 3.54. The third-order valence-corrected chi connectivity index (χ3v) is 5.19. The first kappa shape index (κ1) is 18.6. The summed E-state index contributed by atoms with van der Waals surface area (Å²) in [5, 5.41) is 23.4. The van der Waals surface area contributed by atoms with Crippen LogP contribution >= 0.6 is 0 Å². The summed E-state index contributed by atoms with van der Waals surface area (Å²) < 4.78 is 5.87. The smallest absolute Gasteiger partial charge is 0.423 e. The van der Waals surface area contributed by atoms with E-state index >= 15 is 0 Å². The Morgan fingerprint density at radius 1 is 0.769 bits per heavy atom. The Balaban J connectivity index is 2.06. The molecule has 0 amide bonds. The van der Waals surface area contributed by atoms with Gasteiger partial charge in [0.15, 0.2) is 0 Å². The Morgan fingerprint density at radius 3 is 2.08 bits per heavy atom. The lowest BCUT2D eigenvalue weighted by Gasteiger charge is -2.38. The standard InChI is InChI=1S/C22H25BO3/c1-21(2,24)22(3,4)26-23(25)20-15-8-7-13-19(20)18-14-9-11-16-10-5-6-12-17(16)18/h5-15,24-25H,1-4H3. The van der Waals surface area contributed by atoms with Crippen LogP contribution in [0.15, 0.2) is 66.7 Å². The summed E-state index contributed by atoms with van der Waals surface area (Å²) in [4.78, 5) is 0. The van der Waals surface area contributed by atoms with Crippen molar-refractivity contribution in [3.63, 3.8) is 0 Å². The van der Waals surface area contributed by atoms with Crippen LogP contribution in [0.2, 0.25) is 0 Å². The molecule has 26 heavy (non-hydrogen) atoms. The van der Waals surface area contributed by atoms with Crippen LogP contribution in [0.5, 0.6) is 0 Å². The van der Waals surface area contributed by atoms with E-state index in [-0.39, 0.29) is 0 Å². The molecule has 0 aliphatic heterocycles. The molecule has 0 aliphatic carbocycles. The lowest BCUT2D eigenvalue weighted by molar-refractivity contribution is -0.0982. The molecule has 3 nitrogen and oxygen atoms in total. The van der Waals surface area contributed by atoms with E-state index in [9.17, 15) is 10.1 Å². The van der Waals surface area contributed by atoms with Gasteiger partial charge in [0.25, 0.3) is 0 Å². The molecule has 0 aliphatic rings. The van der Waals surface area contributed by atoms with Crippen LogP contribution < -0.4 is 5.46 Å². The van der Waals surface area contributed by atoms with Gasteiger partial charge in [-0.2, -0.15) is 0 Å². The zero-order valence-electron chi connectivity index (χ0n) is 15.7. The van der Waals surface area contributed by atoms with Crippen LogP contribution in [0.3, 0.4) is 0 Å². The van der Waals surface area contributed by atoms with E-state index in [2.05, 4.69) is 24.3 Å². The van der Waals surface area contributed by atoms with Crippen molar-refractivity contribution in [3.8, 4) is 11.1 Å². The van der Waals surface area contributed by atoms with Gasteiger partial charge in [0.1, 0.15) is 0 Å². The first-order valence-corrected chi connectivity index (χ1v) is 8.86. The van der Waals surface area contributed by atoms with Crippen LogP contribution in [0, 0.1) is 0 Å². The van der Waals surface area contributed by atoms with Crippen molar-refractivity contribution < 1.29 is 14.8 Å². The van der Waals surface area contributed by atoms with Gasteiger partial charge in [0.05, 0.1) is 11.2 Å². The highest BCUT2D eigenvalue weighted by atomic mass is 16.5. The second-order valence-corrected chi connectivity index (χ2v) is 7.65. The Labute approximate surface area is 155 Å². The van der Waals surface area contributed by atoms with Gasteiger partial charge in [-0.05, 0) is 55.1 Å². The molecular formula is C22H25BO3. The molecule has 0 radical (unpaired) electrons. The zero-order valence-corrected chi connectivity index (χ0v) is 15.7. The van der Waals surface area contributed by atoms with Crippen molar-refractivity contribution in [1.82, 2.24) is 0 Å². The Kier molecular flexibility index (Phi) is 4.93. The average Bonchev–Trinajstić information content (AvgIpc) is 2.60. The van der Waals surface area contributed by atoms with Gasteiger partial charge < -0.3 is 14.8 Å². The van der Waals surface area contributed by atoms with E-state index in [1.54, 1.807) is 27.7 Å². The molecule has 134 valence electrons. The SMILES string of the molecule is CC(C)(O)C(C)(C)OB(O)c1ccccc1-c1cccc2ccccc12. The molecule has 0 bridgehead atoms. The molecule has 4 heteroatoms. The molecular weight excluding hydrogens is 323 g/mol. The predicted octanol–water partition coefficient (Wildman–Crippen LogP) is 3.76. The molecule has 0 aromatic heterocycles. The fourth-order valence-corrected chi connectivity index (χ4v) is 2.90. The molecule has 0 fully saturated rings. The summed E-state index contributed by atoms with van der Waals surface area (Å²) in [5.41, 5.74) is 0.632. The fraction of sp³-hybridized carbons (Fsp3) is 0.273. The van der Waals surface area contributed by atoms with Gasteiger partial charge in [-0.15, -0.1) is 0 Å². The summed E-state index contributed by atoms with van der Waals surface area (Å²) in [6.07, 6.45) is 0. The summed E-state index contributed by atoms with van der Waals surface area (Å²) in [6.45, 7) is 6.90. The first-order valence-electron chi connectivity index (χ1n) is 8.86. The van der Waals surface area contributed by atoms with Crippen molar-refractivity contribution in [1.29, 1.82) is 0 Å². The highest BCUT2D eigenvalue weighted by Crippen LogP contribution is 2.29. The van der Waals surface area contributed by atoms with Crippen LogP contribution in [0.1, 0.15) is 27.7 Å². The number of fused-ring (bicyclic) bond motifs is 1. The van der Waals surface area contributed by atoms with Gasteiger partial charge in [-0.3, -0.25) is 0 Å². The molecule has 0 heterocycles. The number of hydrogen-bond acceptors (Lipinski definition) is 3. The minimum atomic E-state index is -1.15. The highest BCUT2D eigenvalue weighted by molar-refractivity contribution is 6.62. The average molecular weight is 348 g/mol. The minimum absolute atomic E-state index is 0.682. The highest BCUT2D eigenvalue weighted by Gasteiger charge is 2.40. The Morgan fingerprint density at radius 2 is 1.35 bits per heavy atom. The largest absolute Gasteiger partial charge is 0.492 e. The summed E-state index contributed by atoms with van der Waals surface area (Å²) >= 11 is 0. The van der Waals surface area contributed by atoms with E-state index < -0.39 is 18.3 Å². The van der Waals surface area contributed by atoms with E-state index in [0.717, 1.165) is 21.9 Å². The fourth-order valence-electron chi connectivity index (χ4n) is 2.90. The normalized spacial score (nSPS) is 12.4. The zero-order chi connectivity index (χ0) is 18.9. The van der Waals surface area contributed by atoms with E-state index in [0.29, 0.717) is 5.46 Å². The summed E-state index contributed by atoms with van der Waals surface area (Å²) in [5.74, 6) is 0. The Hall–Kier alpha value is -2.14. The van der Waals surface area contributed by atoms with Gasteiger partial charge in [0.2, 0.25) is 0 Å². The van der Waals surface area contributed by atoms with E-state index in [1.807, 2.05) is 42.5 Å². The van der Waals surface area contributed by atoms with E-state index in [1.165, 1.54) is 0 Å². The summed E-state index contributed by atoms with van der Waals surface area (Å²) in [7, 11) is -1.15. The third-order valence-electron chi connectivity index (χ3n) is 5.19. The number of benzene rings is 3. The lowest BCUT2D eigenvalue weighted by atomic mass is 9.72. The molecule has 3 rings (SSSR count). The molecule has 0 saturated heterocycles. The van der Waals surface area contributed by atoms with Crippen molar-refractivity contribution in [2.24, 2.45) is 0 Å². The monoisotopic (exact) mass is 348 g/mol. The topological polar surface area (TPSA) is 49.7 Å². The van der Waals surface area contributed by atoms with Crippen molar-refractivity contribution in [2.45, 2.75) is 38.9 Å².